The second-order valence-corrected chi connectivity index (χ2v) is 8.29. The van der Waals surface area contributed by atoms with E-state index in [0.29, 0.717) is 16.3 Å². The highest BCUT2D eigenvalue weighted by atomic mass is 35.5. The molecule has 1 heterocycles. The van der Waals surface area contributed by atoms with Gasteiger partial charge in [-0.1, -0.05) is 34.8 Å². The SMILES string of the molecule is N#Cc1c(Cl)nc(Cl)c(Cl)c1NC12CC3CC(CC(C3)C1)C2. The molecule has 0 aliphatic heterocycles. The minimum absolute atomic E-state index is 0.0397. The first kappa shape index (κ1) is 14.9. The molecule has 0 spiro atoms. The fourth-order valence-corrected chi connectivity index (χ4v) is 5.88. The predicted octanol–water partition coefficient (Wildman–Crippen LogP) is 5.29. The maximum absolute atomic E-state index is 9.41. The van der Waals surface area contributed by atoms with Crippen LogP contribution in [0.4, 0.5) is 5.69 Å². The van der Waals surface area contributed by atoms with Crippen molar-refractivity contribution in [2.24, 2.45) is 17.8 Å². The molecule has 0 atom stereocenters. The van der Waals surface area contributed by atoms with E-state index < -0.39 is 0 Å². The summed E-state index contributed by atoms with van der Waals surface area (Å²) in [5, 5.41) is 13.6. The summed E-state index contributed by atoms with van der Waals surface area (Å²) in [6.45, 7) is 0. The zero-order valence-electron chi connectivity index (χ0n) is 12.0. The van der Waals surface area contributed by atoms with E-state index in [0.717, 1.165) is 37.0 Å². The highest BCUT2D eigenvalue weighted by Gasteiger charge is 2.51. The van der Waals surface area contributed by atoms with E-state index in [9.17, 15) is 5.26 Å². The highest BCUT2D eigenvalue weighted by molar-refractivity contribution is 6.44. The van der Waals surface area contributed by atoms with Crippen LogP contribution >= 0.6 is 34.8 Å². The minimum atomic E-state index is 0.0397. The van der Waals surface area contributed by atoms with Gasteiger partial charge in [0.1, 0.15) is 16.7 Å². The van der Waals surface area contributed by atoms with Gasteiger partial charge in [-0.05, 0) is 56.3 Å². The molecular weight excluding hydrogens is 341 g/mol. The molecule has 4 aliphatic rings. The van der Waals surface area contributed by atoms with Crippen molar-refractivity contribution in [2.45, 2.75) is 44.1 Å². The van der Waals surface area contributed by atoms with Crippen molar-refractivity contribution in [3.05, 3.63) is 20.9 Å². The number of rotatable bonds is 2. The first-order valence-electron chi connectivity index (χ1n) is 7.72. The third-order valence-corrected chi connectivity index (χ3v) is 6.61. The number of nitrogens with zero attached hydrogens (tertiary/aromatic N) is 2. The molecule has 116 valence electrons. The Morgan fingerprint density at radius 3 is 2.05 bits per heavy atom. The van der Waals surface area contributed by atoms with Gasteiger partial charge in [-0.25, -0.2) is 4.98 Å². The first-order valence-corrected chi connectivity index (χ1v) is 8.86. The average Bonchev–Trinajstić information content (AvgIpc) is 2.43. The van der Waals surface area contributed by atoms with Crippen LogP contribution in [0.5, 0.6) is 0 Å². The quantitative estimate of drug-likeness (QED) is 0.732. The molecule has 1 aromatic heterocycles. The van der Waals surface area contributed by atoms with Crippen LogP contribution in [-0.2, 0) is 0 Å². The molecule has 5 rings (SSSR count). The van der Waals surface area contributed by atoms with Gasteiger partial charge in [-0.15, -0.1) is 0 Å². The normalized spacial score (nSPS) is 35.5. The minimum Gasteiger partial charge on any atom is -0.377 e. The molecule has 0 saturated heterocycles. The Bertz CT molecular complexity index is 645. The molecule has 1 N–H and O–H groups in total. The van der Waals surface area contributed by atoms with Crippen molar-refractivity contribution in [1.29, 1.82) is 5.26 Å². The molecule has 4 bridgehead atoms. The second kappa shape index (κ2) is 5.16. The summed E-state index contributed by atoms with van der Waals surface area (Å²) in [5.74, 6) is 2.41. The molecule has 6 heteroatoms. The van der Waals surface area contributed by atoms with Crippen molar-refractivity contribution in [3.63, 3.8) is 0 Å². The Morgan fingerprint density at radius 1 is 1.00 bits per heavy atom. The van der Waals surface area contributed by atoms with Crippen LogP contribution in [0.25, 0.3) is 0 Å². The third-order valence-electron chi connectivity index (χ3n) is 5.59. The van der Waals surface area contributed by atoms with Crippen LogP contribution in [0.15, 0.2) is 0 Å². The maximum atomic E-state index is 9.41. The van der Waals surface area contributed by atoms with Crippen molar-refractivity contribution in [1.82, 2.24) is 4.98 Å². The largest absolute Gasteiger partial charge is 0.377 e. The number of aromatic nitrogens is 1. The lowest BCUT2D eigenvalue weighted by atomic mass is 9.53. The van der Waals surface area contributed by atoms with Gasteiger partial charge in [-0.3, -0.25) is 0 Å². The van der Waals surface area contributed by atoms with Crippen LogP contribution in [-0.4, -0.2) is 10.5 Å². The summed E-state index contributed by atoms with van der Waals surface area (Å²) in [7, 11) is 0. The fraction of sp³-hybridized carbons (Fsp3) is 0.625. The molecular formula is C16H16Cl3N3. The lowest BCUT2D eigenvalue weighted by Gasteiger charge is -2.57. The Balaban J connectivity index is 1.74. The number of nitriles is 1. The summed E-state index contributed by atoms with van der Waals surface area (Å²) < 4.78 is 0. The molecule has 0 unspecified atom stereocenters. The van der Waals surface area contributed by atoms with Crippen molar-refractivity contribution >= 4 is 40.5 Å². The van der Waals surface area contributed by atoms with E-state index in [4.69, 9.17) is 34.8 Å². The Morgan fingerprint density at radius 2 is 1.55 bits per heavy atom. The summed E-state index contributed by atoms with van der Waals surface area (Å²) in [5.41, 5.74) is 0.904. The van der Waals surface area contributed by atoms with Crippen molar-refractivity contribution in [2.75, 3.05) is 5.32 Å². The number of pyridine rings is 1. The molecule has 1 aromatic rings. The van der Waals surface area contributed by atoms with Crippen LogP contribution in [0.2, 0.25) is 15.3 Å². The van der Waals surface area contributed by atoms with Crippen LogP contribution < -0.4 is 5.32 Å². The molecule has 0 aromatic carbocycles. The molecule has 0 radical (unpaired) electrons. The van der Waals surface area contributed by atoms with Crippen LogP contribution in [0.3, 0.4) is 0 Å². The number of hydrogen-bond acceptors (Lipinski definition) is 3. The standard InChI is InChI=1S/C16H16Cl3N3/c17-12-13(11(7-20)14(18)21-15(12)19)22-16-4-8-1-9(5-16)3-10(2-8)6-16/h8-10H,1-6H2,(H,21,22). The molecule has 22 heavy (non-hydrogen) atoms. The van der Waals surface area contributed by atoms with Crippen molar-refractivity contribution < 1.29 is 0 Å². The molecule has 4 saturated carbocycles. The van der Waals surface area contributed by atoms with Crippen molar-refractivity contribution in [3.8, 4) is 6.07 Å². The van der Waals surface area contributed by atoms with Gasteiger partial charge in [0.05, 0.1) is 5.69 Å². The van der Waals surface area contributed by atoms with Gasteiger partial charge in [-0.2, -0.15) is 5.26 Å². The summed E-state index contributed by atoms with van der Waals surface area (Å²) in [4.78, 5) is 3.94. The number of anilines is 1. The summed E-state index contributed by atoms with van der Waals surface area (Å²) in [6.07, 6.45) is 7.53. The van der Waals surface area contributed by atoms with Gasteiger partial charge in [0.25, 0.3) is 0 Å². The zero-order chi connectivity index (χ0) is 15.5. The highest BCUT2D eigenvalue weighted by Crippen LogP contribution is 2.57. The molecule has 4 fully saturated rings. The lowest BCUT2D eigenvalue weighted by Crippen LogP contribution is -2.54. The van der Waals surface area contributed by atoms with Crippen LogP contribution in [0.1, 0.15) is 44.1 Å². The van der Waals surface area contributed by atoms with E-state index in [1.165, 1.54) is 19.3 Å². The Labute approximate surface area is 145 Å². The van der Waals surface area contributed by atoms with Gasteiger partial charge in [0, 0.05) is 5.54 Å². The monoisotopic (exact) mass is 355 g/mol. The zero-order valence-corrected chi connectivity index (χ0v) is 14.3. The average molecular weight is 357 g/mol. The lowest BCUT2D eigenvalue weighted by molar-refractivity contribution is 0.0107. The predicted molar refractivity (Wildman–Crippen MR) is 88.5 cm³/mol. The van der Waals surface area contributed by atoms with E-state index in [2.05, 4.69) is 16.4 Å². The molecule has 3 nitrogen and oxygen atoms in total. The Hall–Kier alpha value is -0.690. The van der Waals surface area contributed by atoms with E-state index in [1.54, 1.807) is 0 Å². The summed E-state index contributed by atoms with van der Waals surface area (Å²) in [6, 6.07) is 2.11. The molecule has 0 amide bonds. The first-order chi connectivity index (χ1) is 10.5. The van der Waals surface area contributed by atoms with Gasteiger partial charge >= 0.3 is 0 Å². The van der Waals surface area contributed by atoms with E-state index in [1.807, 2.05) is 0 Å². The topological polar surface area (TPSA) is 48.7 Å². The van der Waals surface area contributed by atoms with E-state index in [-0.39, 0.29) is 15.8 Å². The number of halogens is 3. The fourth-order valence-electron chi connectivity index (χ4n) is 5.26. The van der Waals surface area contributed by atoms with Gasteiger partial charge in [0.2, 0.25) is 0 Å². The third kappa shape index (κ3) is 2.28. The maximum Gasteiger partial charge on any atom is 0.151 e. The number of hydrogen-bond donors (Lipinski definition) is 1. The van der Waals surface area contributed by atoms with Gasteiger partial charge < -0.3 is 5.32 Å². The van der Waals surface area contributed by atoms with Gasteiger partial charge in [0.15, 0.2) is 10.3 Å². The number of nitrogens with one attached hydrogen (secondary N) is 1. The van der Waals surface area contributed by atoms with Crippen LogP contribution in [0, 0.1) is 29.1 Å². The second-order valence-electron chi connectivity index (χ2n) is 7.19. The summed E-state index contributed by atoms with van der Waals surface area (Å²) >= 11 is 18.5. The molecule has 4 aliphatic carbocycles. The smallest absolute Gasteiger partial charge is 0.151 e. The van der Waals surface area contributed by atoms with E-state index >= 15 is 0 Å². The Kier molecular flexibility index (Phi) is 3.49.